The lowest BCUT2D eigenvalue weighted by Gasteiger charge is -2.28. The fourth-order valence-electron chi connectivity index (χ4n) is 2.82. The van der Waals surface area contributed by atoms with Crippen LogP contribution in [0.1, 0.15) is 35.6 Å². The number of rotatable bonds is 3. The van der Waals surface area contributed by atoms with E-state index in [1.165, 1.54) is 5.56 Å². The zero-order valence-corrected chi connectivity index (χ0v) is 11.5. The molecule has 0 spiro atoms. The third kappa shape index (κ3) is 2.68. The van der Waals surface area contributed by atoms with Crippen LogP contribution in [0.2, 0.25) is 0 Å². The van der Waals surface area contributed by atoms with Crippen molar-refractivity contribution < 1.29 is 9.47 Å². The lowest BCUT2D eigenvalue weighted by atomic mass is 9.88. The van der Waals surface area contributed by atoms with Gasteiger partial charge in [-0.1, -0.05) is 12.1 Å². The topological polar surface area (TPSA) is 44.5 Å². The van der Waals surface area contributed by atoms with E-state index in [0.717, 1.165) is 42.9 Å². The highest BCUT2D eigenvalue weighted by Gasteiger charge is 2.23. The largest absolute Gasteiger partial charge is 0.496 e. The molecule has 0 bridgehead atoms. The maximum Gasteiger partial charge on any atom is 0.124 e. The summed E-state index contributed by atoms with van der Waals surface area (Å²) in [5.41, 5.74) is 9.88. The van der Waals surface area contributed by atoms with Crippen LogP contribution in [-0.2, 0) is 4.74 Å². The number of hydrogen-bond donors (Lipinski definition) is 1. The van der Waals surface area contributed by atoms with Crippen molar-refractivity contribution in [3.8, 4) is 5.75 Å². The molecule has 3 heteroatoms. The Labute approximate surface area is 109 Å². The molecule has 2 unspecified atom stereocenters. The molecule has 0 radical (unpaired) electrons. The zero-order valence-electron chi connectivity index (χ0n) is 11.5. The van der Waals surface area contributed by atoms with Gasteiger partial charge < -0.3 is 15.2 Å². The second-order valence-electron chi connectivity index (χ2n) is 5.19. The van der Waals surface area contributed by atoms with Gasteiger partial charge in [0.1, 0.15) is 5.75 Å². The van der Waals surface area contributed by atoms with E-state index >= 15 is 0 Å². The van der Waals surface area contributed by atoms with Crippen LogP contribution in [0.25, 0.3) is 0 Å². The van der Waals surface area contributed by atoms with Crippen LogP contribution >= 0.6 is 0 Å². The molecule has 1 saturated heterocycles. The molecule has 1 aromatic carbocycles. The highest BCUT2D eigenvalue weighted by molar-refractivity contribution is 5.44. The van der Waals surface area contributed by atoms with Crippen molar-refractivity contribution in [3.05, 3.63) is 28.8 Å². The van der Waals surface area contributed by atoms with Crippen LogP contribution in [0.4, 0.5) is 0 Å². The van der Waals surface area contributed by atoms with Crippen molar-refractivity contribution in [2.45, 2.75) is 32.7 Å². The van der Waals surface area contributed by atoms with Gasteiger partial charge in [-0.05, 0) is 43.4 Å². The molecule has 1 aliphatic heterocycles. The van der Waals surface area contributed by atoms with Crippen molar-refractivity contribution in [1.82, 2.24) is 0 Å². The molecule has 2 atom stereocenters. The van der Waals surface area contributed by atoms with Gasteiger partial charge in [0, 0.05) is 18.6 Å². The van der Waals surface area contributed by atoms with Gasteiger partial charge >= 0.3 is 0 Å². The summed E-state index contributed by atoms with van der Waals surface area (Å²) in [5, 5.41) is 0. The molecule has 0 amide bonds. The zero-order chi connectivity index (χ0) is 13.1. The van der Waals surface area contributed by atoms with Crippen LogP contribution in [0.3, 0.4) is 0 Å². The summed E-state index contributed by atoms with van der Waals surface area (Å²) in [6, 6.07) is 4.35. The molecule has 0 aromatic heterocycles. The van der Waals surface area contributed by atoms with Crippen molar-refractivity contribution in [1.29, 1.82) is 0 Å². The highest BCUT2D eigenvalue weighted by Crippen LogP contribution is 2.31. The lowest BCUT2D eigenvalue weighted by Crippen LogP contribution is -2.29. The third-order valence-corrected chi connectivity index (χ3v) is 3.78. The smallest absolute Gasteiger partial charge is 0.124 e. The Hall–Kier alpha value is -1.06. The molecular formula is C15H23NO2. The average Bonchev–Trinajstić information content (AvgIpc) is 2.38. The van der Waals surface area contributed by atoms with E-state index in [9.17, 15) is 0 Å². The van der Waals surface area contributed by atoms with Gasteiger partial charge in [0.25, 0.3) is 0 Å². The summed E-state index contributed by atoms with van der Waals surface area (Å²) in [5.74, 6) is 1.40. The van der Waals surface area contributed by atoms with Gasteiger partial charge in [0.15, 0.2) is 0 Å². The number of benzene rings is 1. The van der Waals surface area contributed by atoms with E-state index in [0.29, 0.717) is 5.92 Å². The predicted octanol–water partition coefficient (Wildman–Crippen LogP) is 2.74. The molecular weight excluding hydrogens is 226 g/mol. The first-order valence-corrected chi connectivity index (χ1v) is 6.62. The summed E-state index contributed by atoms with van der Waals surface area (Å²) in [6.45, 7) is 5.80. The SMILES string of the molecule is COc1c(C)cc(C(N)C2CCCOC2)cc1C. The van der Waals surface area contributed by atoms with Gasteiger partial charge in [-0.2, -0.15) is 0 Å². The number of nitrogens with two attached hydrogens (primary N) is 1. The first-order valence-electron chi connectivity index (χ1n) is 6.62. The summed E-state index contributed by atoms with van der Waals surface area (Å²) >= 11 is 0. The van der Waals surface area contributed by atoms with Gasteiger partial charge in [0.2, 0.25) is 0 Å². The fraction of sp³-hybridized carbons (Fsp3) is 0.600. The lowest BCUT2D eigenvalue weighted by molar-refractivity contribution is 0.0447. The van der Waals surface area contributed by atoms with Gasteiger partial charge in [-0.3, -0.25) is 0 Å². The Morgan fingerprint density at radius 1 is 1.33 bits per heavy atom. The normalized spacial score (nSPS) is 21.7. The quantitative estimate of drug-likeness (QED) is 0.895. The molecule has 2 N–H and O–H groups in total. The molecule has 1 aliphatic rings. The Morgan fingerprint density at radius 2 is 2.00 bits per heavy atom. The van der Waals surface area contributed by atoms with Crippen LogP contribution in [0.15, 0.2) is 12.1 Å². The van der Waals surface area contributed by atoms with Crippen molar-refractivity contribution in [3.63, 3.8) is 0 Å². The Morgan fingerprint density at radius 3 is 2.50 bits per heavy atom. The number of hydrogen-bond acceptors (Lipinski definition) is 3. The molecule has 1 fully saturated rings. The van der Waals surface area contributed by atoms with E-state index < -0.39 is 0 Å². The van der Waals surface area contributed by atoms with E-state index in [4.69, 9.17) is 15.2 Å². The molecule has 3 nitrogen and oxygen atoms in total. The molecule has 1 aromatic rings. The number of ether oxygens (including phenoxy) is 2. The monoisotopic (exact) mass is 249 g/mol. The van der Waals surface area contributed by atoms with Crippen LogP contribution in [0.5, 0.6) is 5.75 Å². The first kappa shape index (κ1) is 13.4. The van der Waals surface area contributed by atoms with E-state index in [-0.39, 0.29) is 6.04 Å². The second kappa shape index (κ2) is 5.72. The number of methoxy groups -OCH3 is 1. The Kier molecular flexibility index (Phi) is 4.25. The molecule has 18 heavy (non-hydrogen) atoms. The molecule has 0 saturated carbocycles. The van der Waals surface area contributed by atoms with E-state index in [1.54, 1.807) is 7.11 Å². The van der Waals surface area contributed by atoms with Crippen LogP contribution in [-0.4, -0.2) is 20.3 Å². The third-order valence-electron chi connectivity index (χ3n) is 3.78. The van der Waals surface area contributed by atoms with Crippen LogP contribution < -0.4 is 10.5 Å². The van der Waals surface area contributed by atoms with Crippen molar-refractivity contribution in [2.75, 3.05) is 20.3 Å². The second-order valence-corrected chi connectivity index (χ2v) is 5.19. The minimum absolute atomic E-state index is 0.0635. The Balaban J connectivity index is 2.22. The molecule has 100 valence electrons. The van der Waals surface area contributed by atoms with Crippen molar-refractivity contribution in [2.24, 2.45) is 11.7 Å². The minimum Gasteiger partial charge on any atom is -0.496 e. The van der Waals surface area contributed by atoms with E-state index in [1.807, 2.05) is 0 Å². The maximum atomic E-state index is 6.38. The van der Waals surface area contributed by atoms with Gasteiger partial charge in [-0.25, -0.2) is 0 Å². The molecule has 0 aliphatic carbocycles. The van der Waals surface area contributed by atoms with Gasteiger partial charge in [0.05, 0.1) is 13.7 Å². The highest BCUT2D eigenvalue weighted by atomic mass is 16.5. The first-order chi connectivity index (χ1) is 8.63. The molecule has 2 rings (SSSR count). The predicted molar refractivity (Wildman–Crippen MR) is 72.9 cm³/mol. The van der Waals surface area contributed by atoms with Crippen LogP contribution in [0, 0.1) is 19.8 Å². The summed E-state index contributed by atoms with van der Waals surface area (Å²) in [7, 11) is 1.71. The number of aryl methyl sites for hydroxylation is 2. The minimum atomic E-state index is 0.0635. The fourth-order valence-corrected chi connectivity index (χ4v) is 2.82. The average molecular weight is 249 g/mol. The van der Waals surface area contributed by atoms with Gasteiger partial charge in [-0.15, -0.1) is 0 Å². The Bertz CT molecular complexity index is 388. The van der Waals surface area contributed by atoms with Crippen molar-refractivity contribution >= 4 is 0 Å². The van der Waals surface area contributed by atoms with E-state index in [2.05, 4.69) is 26.0 Å². The summed E-state index contributed by atoms with van der Waals surface area (Å²) in [6.07, 6.45) is 2.28. The maximum absolute atomic E-state index is 6.38. The molecule has 1 heterocycles. The summed E-state index contributed by atoms with van der Waals surface area (Å²) in [4.78, 5) is 0. The summed E-state index contributed by atoms with van der Waals surface area (Å²) < 4.78 is 10.9. The standard InChI is InChI=1S/C15H23NO2/c1-10-7-13(8-11(2)15(10)17-3)14(16)12-5-4-6-18-9-12/h7-8,12,14H,4-6,9,16H2,1-3H3.